The molecular weight excluding hydrogens is 507 g/mol. The molecule has 4 aromatic rings. The number of aryl methyl sites for hydroxylation is 1. The van der Waals surface area contributed by atoms with Gasteiger partial charge in [-0.3, -0.25) is 0 Å². The molecule has 0 radical (unpaired) electrons. The van der Waals surface area contributed by atoms with Gasteiger partial charge in [0.2, 0.25) is 0 Å². The number of nitrogens with zero attached hydrogens (tertiary/aromatic N) is 2. The van der Waals surface area contributed by atoms with E-state index in [-0.39, 0.29) is 16.3 Å². The fourth-order valence-corrected chi connectivity index (χ4v) is 4.86. The molecular formula is C25H28BrFN2O3S. The van der Waals surface area contributed by atoms with Crippen LogP contribution in [0.15, 0.2) is 70.3 Å². The summed E-state index contributed by atoms with van der Waals surface area (Å²) in [6.45, 7) is 9.88. The fourth-order valence-electron chi connectivity index (χ4n) is 3.20. The van der Waals surface area contributed by atoms with Crippen LogP contribution < -0.4 is 4.74 Å². The molecule has 0 aliphatic rings. The minimum absolute atomic E-state index is 0.0410. The van der Waals surface area contributed by atoms with E-state index in [9.17, 15) is 12.8 Å². The van der Waals surface area contributed by atoms with Gasteiger partial charge < -0.3 is 4.74 Å². The van der Waals surface area contributed by atoms with Crippen LogP contribution in [-0.4, -0.2) is 24.5 Å². The normalized spacial score (nSPS) is 10.7. The molecule has 4 rings (SSSR count). The summed E-state index contributed by atoms with van der Waals surface area (Å²) in [7, 11) is -2.53. The average Bonchev–Trinajstić information content (AvgIpc) is 3.21. The van der Waals surface area contributed by atoms with Gasteiger partial charge in [-0.05, 0) is 47.1 Å². The van der Waals surface area contributed by atoms with E-state index < -0.39 is 15.8 Å². The molecule has 2 aromatic heterocycles. The maximum absolute atomic E-state index is 14.3. The lowest BCUT2D eigenvalue weighted by molar-refractivity contribution is 0.388. The monoisotopic (exact) mass is 534 g/mol. The number of para-hydroxylation sites is 1. The molecule has 0 saturated carbocycles. The van der Waals surface area contributed by atoms with Gasteiger partial charge in [0.15, 0.2) is 17.2 Å². The van der Waals surface area contributed by atoms with Crippen molar-refractivity contribution in [2.45, 2.75) is 39.5 Å². The van der Waals surface area contributed by atoms with Gasteiger partial charge in [-0.1, -0.05) is 57.5 Å². The number of aromatic nitrogens is 2. The standard InChI is InChI=1S/C21H16BrFN2O3S.2C2H6/c1-13-6-8-15(9-7-13)29(26,27)25-12-18(17-10-14(22)11-24-21(17)25)16-4-3-5-19(23)20(16)28-2;2*1-2/h3-12H,1-2H3;2*1-2H3. The molecule has 0 fully saturated rings. The van der Waals surface area contributed by atoms with E-state index in [0.29, 0.717) is 21.0 Å². The van der Waals surface area contributed by atoms with Crippen molar-refractivity contribution >= 4 is 37.0 Å². The molecule has 33 heavy (non-hydrogen) atoms. The summed E-state index contributed by atoms with van der Waals surface area (Å²) in [5.41, 5.74) is 2.14. The first kappa shape index (κ1) is 26.5. The summed E-state index contributed by atoms with van der Waals surface area (Å²) >= 11 is 3.38. The van der Waals surface area contributed by atoms with E-state index in [2.05, 4.69) is 20.9 Å². The summed E-state index contributed by atoms with van der Waals surface area (Å²) in [5.74, 6) is -0.491. The van der Waals surface area contributed by atoms with Crippen molar-refractivity contribution in [1.29, 1.82) is 0 Å². The lowest BCUT2D eigenvalue weighted by Gasteiger charge is -2.08. The van der Waals surface area contributed by atoms with Crippen LogP contribution in [0.5, 0.6) is 5.75 Å². The summed E-state index contributed by atoms with van der Waals surface area (Å²) in [6, 6.07) is 12.9. The Morgan fingerprint density at radius 1 is 1.00 bits per heavy atom. The summed E-state index contributed by atoms with van der Waals surface area (Å²) in [6.07, 6.45) is 2.98. The number of benzene rings is 2. The maximum Gasteiger partial charge on any atom is 0.269 e. The molecule has 176 valence electrons. The van der Waals surface area contributed by atoms with Crippen LogP contribution in [0, 0.1) is 12.7 Å². The van der Waals surface area contributed by atoms with Crippen LogP contribution >= 0.6 is 15.9 Å². The van der Waals surface area contributed by atoms with Crippen LogP contribution in [0.3, 0.4) is 0 Å². The number of pyridine rings is 1. The molecule has 5 nitrogen and oxygen atoms in total. The molecule has 0 N–H and O–H groups in total. The lowest BCUT2D eigenvalue weighted by Crippen LogP contribution is -2.12. The van der Waals surface area contributed by atoms with Crippen LogP contribution in [0.25, 0.3) is 22.2 Å². The number of hydrogen-bond donors (Lipinski definition) is 0. The number of rotatable bonds is 4. The van der Waals surface area contributed by atoms with Gasteiger partial charge in [-0.2, -0.15) is 0 Å². The molecule has 0 saturated heterocycles. The third-order valence-corrected chi connectivity index (χ3v) is 6.72. The molecule has 0 amide bonds. The Morgan fingerprint density at radius 2 is 1.64 bits per heavy atom. The van der Waals surface area contributed by atoms with Crippen molar-refractivity contribution in [3.63, 3.8) is 0 Å². The van der Waals surface area contributed by atoms with E-state index in [1.165, 1.54) is 25.6 Å². The van der Waals surface area contributed by atoms with Crippen molar-refractivity contribution < 1.29 is 17.5 Å². The fraction of sp³-hybridized carbons (Fsp3) is 0.240. The largest absolute Gasteiger partial charge is 0.493 e. The second-order valence-corrected chi connectivity index (χ2v) is 9.23. The minimum atomic E-state index is -3.91. The molecule has 0 spiro atoms. The van der Waals surface area contributed by atoms with Crippen molar-refractivity contribution in [2.24, 2.45) is 0 Å². The molecule has 0 aliphatic carbocycles. The van der Waals surface area contributed by atoms with Gasteiger partial charge in [0.05, 0.1) is 12.0 Å². The van der Waals surface area contributed by atoms with E-state index in [1.807, 2.05) is 34.6 Å². The minimum Gasteiger partial charge on any atom is -0.493 e. The maximum atomic E-state index is 14.3. The Hall–Kier alpha value is -2.71. The van der Waals surface area contributed by atoms with Crippen molar-refractivity contribution in [1.82, 2.24) is 8.96 Å². The Bertz CT molecular complexity index is 1330. The van der Waals surface area contributed by atoms with E-state index in [1.54, 1.807) is 42.5 Å². The number of hydrogen-bond acceptors (Lipinski definition) is 4. The van der Waals surface area contributed by atoms with Crippen molar-refractivity contribution in [3.8, 4) is 16.9 Å². The van der Waals surface area contributed by atoms with Gasteiger partial charge in [0, 0.05) is 33.4 Å². The van der Waals surface area contributed by atoms with Crippen LogP contribution in [-0.2, 0) is 10.0 Å². The van der Waals surface area contributed by atoms with Gasteiger partial charge >= 0.3 is 0 Å². The molecule has 8 heteroatoms. The Morgan fingerprint density at radius 3 is 2.24 bits per heavy atom. The van der Waals surface area contributed by atoms with Crippen molar-refractivity contribution in [3.05, 3.63) is 76.8 Å². The third kappa shape index (κ3) is 5.28. The topological polar surface area (TPSA) is 61.2 Å². The first-order valence-electron chi connectivity index (χ1n) is 10.6. The smallest absolute Gasteiger partial charge is 0.269 e. The predicted octanol–water partition coefficient (Wildman–Crippen LogP) is 7.21. The number of fused-ring (bicyclic) bond motifs is 1. The zero-order valence-corrected chi connectivity index (χ0v) is 22.0. The second kappa shape index (κ2) is 11.4. The molecule has 0 aliphatic heterocycles. The highest BCUT2D eigenvalue weighted by atomic mass is 79.9. The van der Waals surface area contributed by atoms with E-state index >= 15 is 0 Å². The average molecular weight is 535 g/mol. The Labute approximate surface area is 203 Å². The second-order valence-electron chi connectivity index (χ2n) is 6.50. The molecule has 0 unspecified atom stereocenters. The number of methoxy groups -OCH3 is 1. The Balaban J connectivity index is 0.000000914. The quantitative estimate of drug-likeness (QED) is 0.277. The lowest BCUT2D eigenvalue weighted by atomic mass is 10.0. The summed E-state index contributed by atoms with van der Waals surface area (Å²) in [5, 5.41) is 0.555. The number of halogens is 2. The van der Waals surface area contributed by atoms with Gasteiger partial charge in [-0.25, -0.2) is 21.8 Å². The van der Waals surface area contributed by atoms with Crippen LogP contribution in [0.2, 0.25) is 0 Å². The predicted molar refractivity (Wildman–Crippen MR) is 136 cm³/mol. The van der Waals surface area contributed by atoms with Crippen molar-refractivity contribution in [2.75, 3.05) is 7.11 Å². The Kier molecular flexibility index (Phi) is 9.19. The zero-order valence-electron chi connectivity index (χ0n) is 19.6. The first-order chi connectivity index (χ1) is 15.8. The highest BCUT2D eigenvalue weighted by Crippen LogP contribution is 2.39. The van der Waals surface area contributed by atoms with E-state index in [4.69, 9.17) is 4.74 Å². The SMILES string of the molecule is CC.CC.COc1c(F)cccc1-c1cn(S(=O)(=O)c2ccc(C)cc2)c2ncc(Br)cc12. The number of ether oxygens (including phenoxy) is 1. The van der Waals surface area contributed by atoms with Crippen LogP contribution in [0.1, 0.15) is 33.3 Å². The summed E-state index contributed by atoms with van der Waals surface area (Å²) in [4.78, 5) is 4.46. The first-order valence-corrected chi connectivity index (χ1v) is 12.9. The zero-order chi connectivity index (χ0) is 24.8. The van der Waals surface area contributed by atoms with Gasteiger partial charge in [0.1, 0.15) is 0 Å². The highest BCUT2D eigenvalue weighted by molar-refractivity contribution is 9.10. The van der Waals surface area contributed by atoms with Gasteiger partial charge in [0.25, 0.3) is 10.0 Å². The third-order valence-electron chi connectivity index (χ3n) is 4.62. The van der Waals surface area contributed by atoms with E-state index in [0.717, 1.165) is 9.54 Å². The van der Waals surface area contributed by atoms with Crippen LogP contribution in [0.4, 0.5) is 4.39 Å². The van der Waals surface area contributed by atoms with Gasteiger partial charge in [-0.15, -0.1) is 0 Å². The highest BCUT2D eigenvalue weighted by Gasteiger charge is 2.24. The molecule has 2 aromatic carbocycles. The molecule has 2 heterocycles. The summed E-state index contributed by atoms with van der Waals surface area (Å²) < 4.78 is 47.9. The molecule has 0 atom stereocenters. The molecule has 0 bridgehead atoms.